The highest BCUT2D eigenvalue weighted by Crippen LogP contribution is 2.38. The molecule has 0 fully saturated rings. The summed E-state index contributed by atoms with van der Waals surface area (Å²) in [6.45, 7) is 8.65. The number of carbonyl (C=O) groups excluding carboxylic acids is 1. The fourth-order valence-electron chi connectivity index (χ4n) is 4.08. The van der Waals surface area contributed by atoms with Crippen molar-refractivity contribution in [2.45, 2.75) is 34.2 Å². The number of methoxy groups -OCH3 is 1. The molecule has 4 nitrogen and oxygen atoms in total. The minimum Gasteiger partial charge on any atom is -0.496 e. The Kier molecular flexibility index (Phi) is 6.36. The molecule has 4 rings (SSSR count). The number of nitrogens with one attached hydrogen (secondary N) is 1. The van der Waals surface area contributed by atoms with Crippen molar-refractivity contribution in [3.05, 3.63) is 94.8 Å². The van der Waals surface area contributed by atoms with E-state index in [0.29, 0.717) is 12.3 Å². The molecule has 1 amide bonds. The Hall–Kier alpha value is -3.79. The lowest BCUT2D eigenvalue weighted by atomic mass is 9.96. The molecule has 0 atom stereocenters. The summed E-state index contributed by atoms with van der Waals surface area (Å²) >= 11 is 0. The Bertz CT molecular complexity index is 1340. The molecular weight excluding hydrogens is 410 g/mol. The zero-order chi connectivity index (χ0) is 23.5. The molecule has 0 aliphatic heterocycles. The summed E-state index contributed by atoms with van der Waals surface area (Å²) < 4.78 is 11.5. The molecule has 33 heavy (non-hydrogen) atoms. The van der Waals surface area contributed by atoms with Crippen LogP contribution in [0.4, 0.5) is 0 Å². The molecule has 4 aromatic rings. The van der Waals surface area contributed by atoms with E-state index in [-0.39, 0.29) is 5.91 Å². The van der Waals surface area contributed by atoms with Crippen LogP contribution in [-0.4, -0.2) is 13.0 Å². The van der Waals surface area contributed by atoms with Crippen LogP contribution in [0.5, 0.6) is 5.75 Å². The summed E-state index contributed by atoms with van der Waals surface area (Å²) in [4.78, 5) is 12.6. The lowest BCUT2D eigenvalue weighted by Crippen LogP contribution is -2.20. The highest BCUT2D eigenvalue weighted by atomic mass is 16.5. The number of carbonyl (C=O) groups is 1. The van der Waals surface area contributed by atoms with Gasteiger partial charge in [0.25, 0.3) is 0 Å². The van der Waals surface area contributed by atoms with Crippen LogP contribution in [-0.2, 0) is 11.3 Å². The number of ether oxygens (including phenoxy) is 1. The first-order valence-electron chi connectivity index (χ1n) is 11.0. The number of hydrogen-bond donors (Lipinski definition) is 1. The number of hydrogen-bond acceptors (Lipinski definition) is 3. The van der Waals surface area contributed by atoms with Crippen molar-refractivity contribution in [3.8, 4) is 16.9 Å². The molecule has 0 spiro atoms. The highest BCUT2D eigenvalue weighted by Gasteiger charge is 2.16. The Morgan fingerprint density at radius 3 is 2.39 bits per heavy atom. The van der Waals surface area contributed by atoms with E-state index in [1.54, 1.807) is 19.4 Å². The number of fused-ring (bicyclic) bond motifs is 1. The Balaban J connectivity index is 1.65. The molecule has 0 saturated carbocycles. The van der Waals surface area contributed by atoms with E-state index >= 15 is 0 Å². The number of benzene rings is 3. The van der Waals surface area contributed by atoms with Gasteiger partial charge in [-0.3, -0.25) is 4.79 Å². The summed E-state index contributed by atoms with van der Waals surface area (Å²) in [7, 11) is 1.63. The molecule has 1 aromatic heterocycles. The number of furan rings is 1. The van der Waals surface area contributed by atoms with Gasteiger partial charge < -0.3 is 14.5 Å². The predicted octanol–water partition coefficient (Wildman–Crippen LogP) is 6.75. The average molecular weight is 440 g/mol. The van der Waals surface area contributed by atoms with Gasteiger partial charge in [-0.15, -0.1) is 0 Å². The predicted molar refractivity (Wildman–Crippen MR) is 134 cm³/mol. The first kappa shape index (κ1) is 22.4. The van der Waals surface area contributed by atoms with Gasteiger partial charge in [0.05, 0.1) is 13.4 Å². The smallest absolute Gasteiger partial charge is 0.244 e. The zero-order valence-corrected chi connectivity index (χ0v) is 19.8. The average Bonchev–Trinajstić information content (AvgIpc) is 3.20. The van der Waals surface area contributed by atoms with Gasteiger partial charge in [-0.25, -0.2) is 0 Å². The Morgan fingerprint density at radius 1 is 0.970 bits per heavy atom. The van der Waals surface area contributed by atoms with Crippen LogP contribution in [0.15, 0.2) is 71.4 Å². The standard InChI is InChI=1S/C29H29NO3/c1-18-6-9-22(10-7-18)16-30-29(31)13-21(4)24-14-25-26(17-33-28(25)15-27(24)32-5)23-11-8-19(2)12-20(23)3/h6-15,17H,16H2,1-5H3,(H,30,31)/b21-13+. The zero-order valence-electron chi connectivity index (χ0n) is 19.8. The number of rotatable bonds is 6. The number of aryl methyl sites for hydroxylation is 3. The molecule has 0 unspecified atom stereocenters. The summed E-state index contributed by atoms with van der Waals surface area (Å²) in [5.41, 5.74) is 9.28. The van der Waals surface area contributed by atoms with Gasteiger partial charge in [0, 0.05) is 35.2 Å². The van der Waals surface area contributed by atoms with Crippen LogP contribution in [0.1, 0.15) is 34.7 Å². The van der Waals surface area contributed by atoms with Crippen LogP contribution < -0.4 is 10.1 Å². The maximum absolute atomic E-state index is 12.6. The second-order valence-corrected chi connectivity index (χ2v) is 8.55. The molecule has 0 aliphatic carbocycles. The van der Waals surface area contributed by atoms with Crippen molar-refractivity contribution in [2.24, 2.45) is 0 Å². The Labute approximate surface area is 194 Å². The quantitative estimate of drug-likeness (QED) is 0.338. The summed E-state index contributed by atoms with van der Waals surface area (Å²) in [6.07, 6.45) is 3.41. The molecular formula is C29H29NO3. The second-order valence-electron chi connectivity index (χ2n) is 8.55. The van der Waals surface area contributed by atoms with Crippen LogP contribution in [0.25, 0.3) is 27.7 Å². The summed E-state index contributed by atoms with van der Waals surface area (Å²) in [6, 6.07) is 18.5. The maximum Gasteiger partial charge on any atom is 0.244 e. The minimum absolute atomic E-state index is 0.142. The van der Waals surface area contributed by atoms with E-state index in [9.17, 15) is 4.79 Å². The van der Waals surface area contributed by atoms with E-state index in [2.05, 4.69) is 37.4 Å². The lowest BCUT2D eigenvalue weighted by Gasteiger charge is -2.11. The van der Waals surface area contributed by atoms with Gasteiger partial charge >= 0.3 is 0 Å². The topological polar surface area (TPSA) is 51.5 Å². The molecule has 0 bridgehead atoms. The summed E-state index contributed by atoms with van der Waals surface area (Å²) in [5, 5.41) is 3.96. The summed E-state index contributed by atoms with van der Waals surface area (Å²) in [5.74, 6) is 0.529. The molecule has 0 aliphatic rings. The van der Waals surface area contributed by atoms with Crippen LogP contribution in [0.2, 0.25) is 0 Å². The molecule has 0 saturated heterocycles. The van der Waals surface area contributed by atoms with Crippen molar-refractivity contribution >= 4 is 22.4 Å². The lowest BCUT2D eigenvalue weighted by molar-refractivity contribution is -0.116. The first-order valence-corrected chi connectivity index (χ1v) is 11.0. The van der Waals surface area contributed by atoms with Crippen molar-refractivity contribution in [2.75, 3.05) is 7.11 Å². The molecule has 1 heterocycles. The third kappa shape index (κ3) is 4.85. The molecule has 0 radical (unpaired) electrons. The fraction of sp³-hybridized carbons (Fsp3) is 0.207. The van der Waals surface area contributed by atoms with Crippen LogP contribution in [0.3, 0.4) is 0 Å². The van der Waals surface area contributed by atoms with Gasteiger partial charge in [0.15, 0.2) is 0 Å². The number of allylic oxidation sites excluding steroid dienone is 1. The van der Waals surface area contributed by atoms with E-state index in [1.807, 2.05) is 50.2 Å². The van der Waals surface area contributed by atoms with Crippen molar-refractivity contribution in [3.63, 3.8) is 0 Å². The number of amides is 1. The van der Waals surface area contributed by atoms with E-state index < -0.39 is 0 Å². The van der Waals surface area contributed by atoms with Crippen molar-refractivity contribution < 1.29 is 13.9 Å². The SMILES string of the molecule is COc1cc2occ(-c3ccc(C)cc3C)c2cc1/C(C)=C/C(=O)NCc1ccc(C)cc1. The van der Waals surface area contributed by atoms with Gasteiger partial charge in [-0.05, 0) is 56.0 Å². The normalized spacial score (nSPS) is 11.6. The molecule has 4 heteroatoms. The monoisotopic (exact) mass is 439 g/mol. The first-order chi connectivity index (χ1) is 15.9. The minimum atomic E-state index is -0.142. The van der Waals surface area contributed by atoms with Crippen LogP contribution in [0, 0.1) is 20.8 Å². The molecule has 3 aromatic carbocycles. The highest BCUT2D eigenvalue weighted by molar-refractivity contribution is 6.00. The second kappa shape index (κ2) is 9.37. The molecule has 168 valence electrons. The largest absolute Gasteiger partial charge is 0.496 e. The van der Waals surface area contributed by atoms with E-state index in [1.165, 1.54) is 16.7 Å². The van der Waals surface area contributed by atoms with Gasteiger partial charge in [0.2, 0.25) is 5.91 Å². The van der Waals surface area contributed by atoms with Gasteiger partial charge in [-0.1, -0.05) is 53.6 Å². The van der Waals surface area contributed by atoms with Crippen molar-refractivity contribution in [1.29, 1.82) is 0 Å². The van der Waals surface area contributed by atoms with Gasteiger partial charge in [0.1, 0.15) is 11.3 Å². The van der Waals surface area contributed by atoms with E-state index in [4.69, 9.17) is 9.15 Å². The fourth-order valence-corrected chi connectivity index (χ4v) is 4.08. The Morgan fingerprint density at radius 2 is 1.70 bits per heavy atom. The van der Waals surface area contributed by atoms with Crippen molar-refractivity contribution in [1.82, 2.24) is 5.32 Å². The maximum atomic E-state index is 12.6. The third-order valence-electron chi connectivity index (χ3n) is 5.93. The van der Waals surface area contributed by atoms with Gasteiger partial charge in [-0.2, -0.15) is 0 Å². The van der Waals surface area contributed by atoms with E-state index in [0.717, 1.165) is 38.8 Å². The molecule has 1 N–H and O–H groups in total. The van der Waals surface area contributed by atoms with Crippen LogP contribution >= 0.6 is 0 Å². The third-order valence-corrected chi connectivity index (χ3v) is 5.93.